The molecule has 0 saturated carbocycles. The fourth-order valence-corrected chi connectivity index (χ4v) is 1.14. The molecule has 7 nitrogen and oxygen atoms in total. The predicted molar refractivity (Wildman–Crippen MR) is 59.5 cm³/mol. The highest BCUT2D eigenvalue weighted by atomic mass is 16.5. The third-order valence-corrected chi connectivity index (χ3v) is 2.35. The summed E-state index contributed by atoms with van der Waals surface area (Å²) in [5, 5.41) is 12.3. The largest absolute Gasteiger partial charge is 0.480 e. The smallest absolute Gasteiger partial charge is 0.441 e. The molecular formula is C10H15N3O4. The molecule has 94 valence electrons. The van der Waals surface area contributed by atoms with Crippen LogP contribution >= 0.6 is 0 Å². The van der Waals surface area contributed by atoms with Gasteiger partial charge in [-0.15, -0.1) is 0 Å². The molecule has 0 aliphatic rings. The van der Waals surface area contributed by atoms with Gasteiger partial charge >= 0.3 is 11.7 Å². The maximum atomic E-state index is 11.1. The topological polar surface area (TPSA) is 111 Å². The summed E-state index contributed by atoms with van der Waals surface area (Å²) in [4.78, 5) is 21.8. The van der Waals surface area contributed by atoms with E-state index in [1.165, 1.54) is 11.5 Å². The molecule has 0 fully saturated rings. The van der Waals surface area contributed by atoms with Gasteiger partial charge in [0, 0.05) is 6.54 Å². The molecule has 1 heterocycles. The van der Waals surface area contributed by atoms with Gasteiger partial charge in [-0.05, 0) is 20.3 Å². The third kappa shape index (κ3) is 3.28. The van der Waals surface area contributed by atoms with Crippen molar-refractivity contribution in [3.05, 3.63) is 28.5 Å². The summed E-state index contributed by atoms with van der Waals surface area (Å²) < 4.78 is 5.76. The van der Waals surface area contributed by atoms with E-state index in [-0.39, 0.29) is 13.0 Å². The van der Waals surface area contributed by atoms with Gasteiger partial charge in [0.25, 0.3) is 0 Å². The molecule has 1 rings (SSSR count). The zero-order valence-electron chi connectivity index (χ0n) is 9.71. The lowest BCUT2D eigenvalue weighted by Crippen LogP contribution is -2.44. The molecule has 0 radical (unpaired) electrons. The van der Waals surface area contributed by atoms with Gasteiger partial charge in [-0.3, -0.25) is 13.9 Å². The number of carboxylic acids is 1. The molecule has 1 atom stereocenters. The number of rotatable bonds is 5. The number of aliphatic carboxylic acids is 1. The number of aromatic nitrogens is 2. The summed E-state index contributed by atoms with van der Waals surface area (Å²) in [7, 11) is 0. The van der Waals surface area contributed by atoms with Crippen LogP contribution in [0.2, 0.25) is 0 Å². The first kappa shape index (κ1) is 13.2. The van der Waals surface area contributed by atoms with Crippen molar-refractivity contribution in [3.63, 3.8) is 0 Å². The van der Waals surface area contributed by atoms with Crippen molar-refractivity contribution in [2.45, 2.75) is 32.4 Å². The van der Waals surface area contributed by atoms with Crippen LogP contribution < -0.4 is 11.5 Å². The van der Waals surface area contributed by atoms with E-state index in [1.807, 2.05) is 0 Å². The summed E-state index contributed by atoms with van der Waals surface area (Å²) in [6, 6.07) is 0. The van der Waals surface area contributed by atoms with Crippen molar-refractivity contribution >= 4 is 5.97 Å². The average Bonchev–Trinajstić information content (AvgIpc) is 2.54. The molecule has 0 bridgehead atoms. The SMILES string of the molecule is Cc1noc(=O)n1C/C=C/CC(C)(N)C(=O)O. The Balaban J connectivity index is 2.58. The van der Waals surface area contributed by atoms with Crippen LogP contribution in [0, 0.1) is 6.92 Å². The summed E-state index contributed by atoms with van der Waals surface area (Å²) >= 11 is 0. The molecule has 7 heteroatoms. The molecule has 0 aliphatic carbocycles. The standard InChI is InChI=1S/C10H15N3O4/c1-7-12-17-9(16)13(7)6-4-3-5-10(2,11)8(14)15/h3-4H,5-6,11H2,1-2H3,(H,14,15)/b4-3+. The molecule has 1 aromatic heterocycles. The van der Waals surface area contributed by atoms with Gasteiger partial charge in [0.2, 0.25) is 0 Å². The highest BCUT2D eigenvalue weighted by Gasteiger charge is 2.25. The third-order valence-electron chi connectivity index (χ3n) is 2.35. The van der Waals surface area contributed by atoms with Gasteiger partial charge in [0.1, 0.15) is 5.54 Å². The Morgan fingerprint density at radius 1 is 1.65 bits per heavy atom. The van der Waals surface area contributed by atoms with E-state index < -0.39 is 17.3 Å². The van der Waals surface area contributed by atoms with Gasteiger partial charge in [-0.25, -0.2) is 4.79 Å². The quantitative estimate of drug-likeness (QED) is 0.696. The van der Waals surface area contributed by atoms with Gasteiger partial charge in [0.05, 0.1) is 0 Å². The Labute approximate surface area is 97.5 Å². The van der Waals surface area contributed by atoms with Crippen LogP contribution in [0.1, 0.15) is 19.2 Å². The Hall–Kier alpha value is -1.89. The first-order valence-electron chi connectivity index (χ1n) is 5.05. The molecule has 1 unspecified atom stereocenters. The average molecular weight is 241 g/mol. The van der Waals surface area contributed by atoms with Crippen LogP contribution in [-0.4, -0.2) is 26.3 Å². The van der Waals surface area contributed by atoms with E-state index in [4.69, 9.17) is 10.8 Å². The first-order valence-corrected chi connectivity index (χ1v) is 5.05. The summed E-state index contributed by atoms with van der Waals surface area (Å²) in [6.45, 7) is 3.35. The number of hydrogen-bond acceptors (Lipinski definition) is 5. The van der Waals surface area contributed by atoms with Crippen LogP contribution in [0.4, 0.5) is 0 Å². The summed E-state index contributed by atoms with van der Waals surface area (Å²) in [5.41, 5.74) is 4.23. The molecule has 0 aliphatic heterocycles. The zero-order chi connectivity index (χ0) is 13.1. The van der Waals surface area contributed by atoms with E-state index >= 15 is 0 Å². The van der Waals surface area contributed by atoms with Crippen molar-refractivity contribution < 1.29 is 14.4 Å². The lowest BCUT2D eigenvalue weighted by atomic mass is 10.00. The van der Waals surface area contributed by atoms with E-state index in [2.05, 4.69) is 9.68 Å². The van der Waals surface area contributed by atoms with Crippen LogP contribution in [0.3, 0.4) is 0 Å². The van der Waals surface area contributed by atoms with Gasteiger partial charge < -0.3 is 10.8 Å². The van der Waals surface area contributed by atoms with Gasteiger partial charge in [-0.1, -0.05) is 17.3 Å². The van der Waals surface area contributed by atoms with E-state index in [0.29, 0.717) is 5.82 Å². The molecule has 0 amide bonds. The second kappa shape index (κ2) is 4.96. The fraction of sp³-hybridized carbons (Fsp3) is 0.500. The van der Waals surface area contributed by atoms with Crippen molar-refractivity contribution in [2.75, 3.05) is 0 Å². The monoisotopic (exact) mass is 241 g/mol. The number of carboxylic acid groups (broad SMARTS) is 1. The van der Waals surface area contributed by atoms with E-state index in [1.54, 1.807) is 19.1 Å². The van der Waals surface area contributed by atoms with Crippen molar-refractivity contribution in [2.24, 2.45) is 5.73 Å². The molecule has 17 heavy (non-hydrogen) atoms. The summed E-state index contributed by atoms with van der Waals surface area (Å²) in [6.07, 6.45) is 3.45. The van der Waals surface area contributed by atoms with Crippen molar-refractivity contribution in [3.8, 4) is 0 Å². The lowest BCUT2D eigenvalue weighted by molar-refractivity contribution is -0.142. The van der Waals surface area contributed by atoms with E-state index in [0.717, 1.165) is 0 Å². The van der Waals surface area contributed by atoms with Gasteiger partial charge in [-0.2, -0.15) is 0 Å². The number of nitrogens with zero attached hydrogens (tertiary/aromatic N) is 2. The Bertz CT molecular complexity index is 484. The first-order chi connectivity index (χ1) is 7.84. The Morgan fingerprint density at radius 2 is 2.29 bits per heavy atom. The molecular weight excluding hydrogens is 226 g/mol. The number of hydrogen-bond donors (Lipinski definition) is 2. The van der Waals surface area contributed by atoms with Crippen LogP contribution in [-0.2, 0) is 11.3 Å². The lowest BCUT2D eigenvalue weighted by Gasteiger charge is -2.16. The minimum Gasteiger partial charge on any atom is -0.480 e. The van der Waals surface area contributed by atoms with E-state index in [9.17, 15) is 9.59 Å². The number of nitrogens with two attached hydrogens (primary N) is 1. The normalized spacial score (nSPS) is 15.0. The van der Waals surface area contributed by atoms with Crippen LogP contribution in [0.5, 0.6) is 0 Å². The fourth-order valence-electron chi connectivity index (χ4n) is 1.14. The number of allylic oxidation sites excluding steroid dienone is 1. The van der Waals surface area contributed by atoms with Crippen LogP contribution in [0.15, 0.2) is 21.5 Å². The second-order valence-electron chi connectivity index (χ2n) is 4.00. The highest BCUT2D eigenvalue weighted by molar-refractivity contribution is 5.78. The maximum Gasteiger partial charge on any atom is 0.441 e. The second-order valence-corrected chi connectivity index (χ2v) is 4.00. The Morgan fingerprint density at radius 3 is 2.76 bits per heavy atom. The van der Waals surface area contributed by atoms with Gasteiger partial charge in [0.15, 0.2) is 5.82 Å². The highest BCUT2D eigenvalue weighted by Crippen LogP contribution is 2.06. The Kier molecular flexibility index (Phi) is 3.84. The molecule has 0 aromatic carbocycles. The van der Waals surface area contributed by atoms with Crippen molar-refractivity contribution in [1.29, 1.82) is 0 Å². The maximum absolute atomic E-state index is 11.1. The minimum absolute atomic E-state index is 0.182. The van der Waals surface area contributed by atoms with Crippen molar-refractivity contribution in [1.82, 2.24) is 9.72 Å². The molecule has 3 N–H and O–H groups in total. The molecule has 0 saturated heterocycles. The van der Waals surface area contributed by atoms with Crippen LogP contribution in [0.25, 0.3) is 0 Å². The molecule has 0 spiro atoms. The minimum atomic E-state index is -1.30. The summed E-state index contributed by atoms with van der Waals surface area (Å²) in [5.74, 6) is -1.14. The zero-order valence-corrected chi connectivity index (χ0v) is 9.71. The number of carbonyl (C=O) groups is 1. The number of aryl methyl sites for hydroxylation is 1. The molecule has 1 aromatic rings. The predicted octanol–water partition coefficient (Wildman–Crippen LogP) is -0.107.